The minimum absolute atomic E-state index is 0.258. The first kappa shape index (κ1) is 14.8. The van der Waals surface area contributed by atoms with Gasteiger partial charge in [0.15, 0.2) is 0 Å². The predicted octanol–water partition coefficient (Wildman–Crippen LogP) is 3.68. The quantitative estimate of drug-likeness (QED) is 0.666. The fraction of sp³-hybridized carbons (Fsp3) is 0.357. The molecule has 98 valence electrons. The third-order valence-corrected chi connectivity index (χ3v) is 3.15. The first-order valence-electron chi connectivity index (χ1n) is 5.85. The van der Waals surface area contributed by atoms with Crippen LogP contribution in [0.25, 0.3) is 0 Å². The summed E-state index contributed by atoms with van der Waals surface area (Å²) in [6.07, 6.45) is 2.54. The standard InChI is InChI=1S/C14H18BrNO2/c1-4-11(14(17)18-3)7-8-16-13-6-5-12(15)9-10(13)2/h5-7,9,16H,4,8H2,1-3H3/b11-7-. The molecule has 0 unspecified atom stereocenters. The third-order valence-electron chi connectivity index (χ3n) is 2.66. The Bertz CT molecular complexity index is 455. The Labute approximate surface area is 116 Å². The number of carbonyl (C=O) groups excluding carboxylic acids is 1. The molecular formula is C14H18BrNO2. The maximum atomic E-state index is 11.4. The van der Waals surface area contributed by atoms with Crippen LogP contribution in [0.3, 0.4) is 0 Å². The van der Waals surface area contributed by atoms with Crippen LogP contribution >= 0.6 is 15.9 Å². The van der Waals surface area contributed by atoms with Crippen molar-refractivity contribution in [2.75, 3.05) is 19.0 Å². The summed E-state index contributed by atoms with van der Waals surface area (Å²) in [5, 5.41) is 3.28. The number of ether oxygens (including phenoxy) is 1. The van der Waals surface area contributed by atoms with Gasteiger partial charge in [0.25, 0.3) is 0 Å². The molecule has 18 heavy (non-hydrogen) atoms. The summed E-state index contributed by atoms with van der Waals surface area (Å²) in [5.41, 5.74) is 2.92. The number of halogens is 1. The molecule has 1 aromatic rings. The molecule has 1 rings (SSSR count). The van der Waals surface area contributed by atoms with Gasteiger partial charge in [0.05, 0.1) is 7.11 Å². The number of esters is 1. The zero-order chi connectivity index (χ0) is 13.5. The molecule has 1 N–H and O–H groups in total. The Morgan fingerprint density at radius 3 is 2.78 bits per heavy atom. The second-order valence-corrected chi connectivity index (χ2v) is 4.83. The van der Waals surface area contributed by atoms with Gasteiger partial charge in [-0.1, -0.05) is 28.9 Å². The average Bonchev–Trinajstić information content (AvgIpc) is 2.36. The lowest BCUT2D eigenvalue weighted by Gasteiger charge is -2.08. The third kappa shape index (κ3) is 4.18. The monoisotopic (exact) mass is 311 g/mol. The van der Waals surface area contributed by atoms with Crippen LogP contribution in [-0.4, -0.2) is 19.6 Å². The van der Waals surface area contributed by atoms with E-state index < -0.39 is 0 Å². The van der Waals surface area contributed by atoms with E-state index in [2.05, 4.69) is 21.2 Å². The topological polar surface area (TPSA) is 38.3 Å². The number of hydrogen-bond donors (Lipinski definition) is 1. The van der Waals surface area contributed by atoms with Gasteiger partial charge in [-0.05, 0) is 37.1 Å². The Hall–Kier alpha value is -1.29. The smallest absolute Gasteiger partial charge is 0.333 e. The van der Waals surface area contributed by atoms with Gasteiger partial charge in [-0.15, -0.1) is 0 Å². The van der Waals surface area contributed by atoms with E-state index in [1.807, 2.05) is 38.1 Å². The molecular weight excluding hydrogens is 294 g/mol. The second-order valence-electron chi connectivity index (χ2n) is 3.91. The van der Waals surface area contributed by atoms with E-state index in [1.54, 1.807) is 0 Å². The number of methoxy groups -OCH3 is 1. The lowest BCUT2D eigenvalue weighted by Crippen LogP contribution is -2.07. The molecule has 0 aromatic heterocycles. The van der Waals surface area contributed by atoms with Gasteiger partial charge in [0, 0.05) is 22.3 Å². The van der Waals surface area contributed by atoms with E-state index in [-0.39, 0.29) is 5.97 Å². The predicted molar refractivity (Wildman–Crippen MR) is 77.8 cm³/mol. The number of nitrogens with one attached hydrogen (secondary N) is 1. The summed E-state index contributed by atoms with van der Waals surface area (Å²) in [6, 6.07) is 6.05. The average molecular weight is 312 g/mol. The van der Waals surface area contributed by atoms with Crippen molar-refractivity contribution in [2.45, 2.75) is 20.3 Å². The first-order valence-corrected chi connectivity index (χ1v) is 6.65. The van der Waals surface area contributed by atoms with Crippen LogP contribution in [0.15, 0.2) is 34.3 Å². The van der Waals surface area contributed by atoms with Gasteiger partial charge in [0.1, 0.15) is 0 Å². The Morgan fingerprint density at radius 1 is 1.50 bits per heavy atom. The summed E-state index contributed by atoms with van der Waals surface area (Å²) >= 11 is 3.43. The van der Waals surface area contributed by atoms with E-state index in [1.165, 1.54) is 7.11 Å². The summed E-state index contributed by atoms with van der Waals surface area (Å²) in [6.45, 7) is 4.59. The Morgan fingerprint density at radius 2 is 2.22 bits per heavy atom. The van der Waals surface area contributed by atoms with Crippen molar-refractivity contribution in [1.29, 1.82) is 0 Å². The van der Waals surface area contributed by atoms with Crippen molar-refractivity contribution >= 4 is 27.6 Å². The van der Waals surface area contributed by atoms with E-state index in [0.717, 1.165) is 15.7 Å². The minimum atomic E-state index is -0.258. The van der Waals surface area contributed by atoms with Crippen LogP contribution in [0.5, 0.6) is 0 Å². The molecule has 0 spiro atoms. The van der Waals surface area contributed by atoms with Crippen molar-refractivity contribution in [3.8, 4) is 0 Å². The minimum Gasteiger partial charge on any atom is -0.466 e. The summed E-state index contributed by atoms with van der Waals surface area (Å²) in [7, 11) is 1.40. The highest BCUT2D eigenvalue weighted by atomic mass is 79.9. The fourth-order valence-corrected chi connectivity index (χ4v) is 2.09. The number of aryl methyl sites for hydroxylation is 1. The van der Waals surface area contributed by atoms with Gasteiger partial charge in [-0.2, -0.15) is 0 Å². The number of carbonyl (C=O) groups is 1. The van der Waals surface area contributed by atoms with E-state index in [0.29, 0.717) is 18.5 Å². The Kier molecular flexibility index (Phi) is 5.92. The molecule has 0 bridgehead atoms. The maximum absolute atomic E-state index is 11.4. The second kappa shape index (κ2) is 7.21. The van der Waals surface area contributed by atoms with Crippen LogP contribution in [-0.2, 0) is 9.53 Å². The molecule has 0 atom stereocenters. The summed E-state index contributed by atoms with van der Waals surface area (Å²) in [5.74, 6) is -0.258. The van der Waals surface area contributed by atoms with Crippen LogP contribution in [0.4, 0.5) is 5.69 Å². The van der Waals surface area contributed by atoms with E-state index in [9.17, 15) is 4.79 Å². The maximum Gasteiger partial charge on any atom is 0.333 e. The summed E-state index contributed by atoms with van der Waals surface area (Å²) in [4.78, 5) is 11.4. The molecule has 0 heterocycles. The van der Waals surface area contributed by atoms with Crippen LogP contribution in [0.1, 0.15) is 18.9 Å². The first-order chi connectivity index (χ1) is 8.58. The SMILES string of the molecule is CC/C(=C/CNc1ccc(Br)cc1C)C(=O)OC. The molecule has 0 radical (unpaired) electrons. The normalized spacial score (nSPS) is 11.2. The largest absolute Gasteiger partial charge is 0.466 e. The van der Waals surface area contributed by atoms with Crippen molar-refractivity contribution in [1.82, 2.24) is 0 Å². The zero-order valence-electron chi connectivity index (χ0n) is 10.9. The van der Waals surface area contributed by atoms with Crippen LogP contribution < -0.4 is 5.32 Å². The van der Waals surface area contributed by atoms with E-state index in [4.69, 9.17) is 4.74 Å². The lowest BCUT2D eigenvalue weighted by molar-refractivity contribution is -0.136. The summed E-state index contributed by atoms with van der Waals surface area (Å²) < 4.78 is 5.76. The van der Waals surface area contributed by atoms with Crippen molar-refractivity contribution in [2.24, 2.45) is 0 Å². The molecule has 0 aliphatic carbocycles. The molecule has 0 aliphatic heterocycles. The molecule has 0 saturated heterocycles. The molecule has 3 nitrogen and oxygen atoms in total. The van der Waals surface area contributed by atoms with Gasteiger partial charge < -0.3 is 10.1 Å². The molecule has 1 aromatic carbocycles. The molecule has 0 amide bonds. The zero-order valence-corrected chi connectivity index (χ0v) is 12.5. The van der Waals surface area contributed by atoms with Gasteiger partial charge in [-0.25, -0.2) is 4.79 Å². The molecule has 4 heteroatoms. The van der Waals surface area contributed by atoms with E-state index >= 15 is 0 Å². The Balaban J connectivity index is 2.65. The van der Waals surface area contributed by atoms with Crippen molar-refractivity contribution in [3.63, 3.8) is 0 Å². The van der Waals surface area contributed by atoms with Gasteiger partial charge >= 0.3 is 5.97 Å². The number of hydrogen-bond acceptors (Lipinski definition) is 3. The fourth-order valence-electron chi connectivity index (χ4n) is 1.61. The van der Waals surface area contributed by atoms with Crippen molar-refractivity contribution < 1.29 is 9.53 Å². The number of rotatable bonds is 5. The molecule has 0 saturated carbocycles. The van der Waals surface area contributed by atoms with Gasteiger partial charge in [0.2, 0.25) is 0 Å². The number of anilines is 1. The molecule has 0 aliphatic rings. The van der Waals surface area contributed by atoms with Gasteiger partial charge in [-0.3, -0.25) is 0 Å². The van der Waals surface area contributed by atoms with Crippen molar-refractivity contribution in [3.05, 3.63) is 39.9 Å². The highest BCUT2D eigenvalue weighted by Gasteiger charge is 2.05. The highest BCUT2D eigenvalue weighted by molar-refractivity contribution is 9.10. The lowest BCUT2D eigenvalue weighted by atomic mass is 10.2. The highest BCUT2D eigenvalue weighted by Crippen LogP contribution is 2.19. The number of benzene rings is 1. The van der Waals surface area contributed by atoms with Crippen LogP contribution in [0, 0.1) is 6.92 Å². The van der Waals surface area contributed by atoms with Crippen LogP contribution in [0.2, 0.25) is 0 Å². The molecule has 0 fully saturated rings.